The van der Waals surface area contributed by atoms with Crippen LogP contribution in [-0.2, 0) is 32.7 Å². The summed E-state index contributed by atoms with van der Waals surface area (Å²) in [5.41, 5.74) is 0. The Kier molecular flexibility index (Phi) is 44.3. The second-order valence-corrected chi connectivity index (χ2v) is 18.1. The number of phosphoric ester groups is 1. The van der Waals surface area contributed by atoms with Crippen molar-refractivity contribution in [3.63, 3.8) is 0 Å². The first-order valence-corrected chi connectivity index (χ1v) is 26.1. The number of likely N-dealkylation sites (N-methyl/N-ethyl adjacent to an activating group) is 1. The number of phosphoric acid groups is 1. The number of ether oxygens (including phenoxy) is 2. The lowest BCUT2D eigenvalue weighted by atomic mass is 10.0. The SMILES string of the molecule is CCCCCC/C=C\CCCCCCCCCC(=O)OC(COC(=O)CCCCCCCCCCCCCCCCCCCCCCC)COP(=O)(O)OCCNC. The number of allylic oxidation sites excluding steroid dienone is 2. The molecule has 344 valence electrons. The van der Waals surface area contributed by atoms with E-state index in [0.29, 0.717) is 19.4 Å². The molecule has 2 atom stereocenters. The first kappa shape index (κ1) is 56.8. The fraction of sp³-hybridized carbons (Fsp3) is 0.917. The molecule has 0 aliphatic rings. The maximum Gasteiger partial charge on any atom is 0.472 e. The van der Waals surface area contributed by atoms with E-state index < -0.39 is 26.5 Å². The number of hydrogen-bond donors (Lipinski definition) is 2. The van der Waals surface area contributed by atoms with Gasteiger partial charge in [-0.25, -0.2) is 4.57 Å². The Morgan fingerprint density at radius 3 is 1.29 bits per heavy atom. The molecular weight excluding hydrogens is 750 g/mol. The van der Waals surface area contributed by atoms with Crippen LogP contribution >= 0.6 is 7.82 Å². The Hall–Kier alpha value is -1.25. The van der Waals surface area contributed by atoms with Gasteiger partial charge < -0.3 is 19.7 Å². The van der Waals surface area contributed by atoms with E-state index in [1.807, 2.05) is 0 Å². The first-order valence-electron chi connectivity index (χ1n) is 24.6. The highest BCUT2D eigenvalue weighted by Crippen LogP contribution is 2.43. The van der Waals surface area contributed by atoms with Gasteiger partial charge in [0.1, 0.15) is 6.61 Å². The molecule has 0 aromatic carbocycles. The summed E-state index contributed by atoms with van der Waals surface area (Å²) in [5.74, 6) is -0.797. The van der Waals surface area contributed by atoms with Crippen LogP contribution in [0.4, 0.5) is 0 Å². The van der Waals surface area contributed by atoms with E-state index in [0.717, 1.165) is 44.9 Å². The van der Waals surface area contributed by atoms with Crippen molar-refractivity contribution in [2.75, 3.05) is 33.4 Å². The molecule has 0 heterocycles. The minimum absolute atomic E-state index is 0.0144. The second kappa shape index (κ2) is 45.3. The number of carbonyl (C=O) groups excluding carboxylic acids is 2. The van der Waals surface area contributed by atoms with Gasteiger partial charge in [0.15, 0.2) is 6.10 Å². The minimum atomic E-state index is -4.35. The summed E-state index contributed by atoms with van der Waals surface area (Å²) in [6.07, 6.45) is 46.9. The van der Waals surface area contributed by atoms with Crippen LogP contribution in [0.2, 0.25) is 0 Å². The molecule has 0 fully saturated rings. The first-order chi connectivity index (χ1) is 28.3. The van der Waals surface area contributed by atoms with Crippen LogP contribution in [0.15, 0.2) is 12.2 Å². The van der Waals surface area contributed by atoms with E-state index in [-0.39, 0.29) is 25.6 Å². The molecular formula is C48H94NO8P. The van der Waals surface area contributed by atoms with E-state index in [2.05, 4.69) is 31.3 Å². The van der Waals surface area contributed by atoms with Crippen molar-refractivity contribution in [1.29, 1.82) is 0 Å². The molecule has 58 heavy (non-hydrogen) atoms. The predicted molar refractivity (Wildman–Crippen MR) is 243 cm³/mol. The molecule has 2 N–H and O–H groups in total. The summed E-state index contributed by atoms with van der Waals surface area (Å²) < 4.78 is 33.3. The largest absolute Gasteiger partial charge is 0.472 e. The Labute approximate surface area is 358 Å². The zero-order chi connectivity index (χ0) is 42.5. The molecule has 0 rings (SSSR count). The Bertz CT molecular complexity index is 964. The standard InChI is InChI=1S/C48H94NO8P/c1-4-6-8-10-12-14-16-18-20-21-22-23-24-25-27-28-30-32-34-36-38-40-47(50)54-44-46(45-56-58(52,53)55-43-42-49-3)57-48(51)41-39-37-35-33-31-29-26-19-17-15-13-11-9-7-5-2/h15,17,46,49H,4-14,16,18-45H2,1-3H3,(H,52,53)/b17-15-. The van der Waals surface area contributed by atoms with Crippen LogP contribution in [-0.4, -0.2) is 56.3 Å². The summed E-state index contributed by atoms with van der Waals surface area (Å²) >= 11 is 0. The van der Waals surface area contributed by atoms with Gasteiger partial charge in [-0.3, -0.25) is 18.6 Å². The van der Waals surface area contributed by atoms with Gasteiger partial charge in [-0.05, 0) is 45.6 Å². The molecule has 0 aliphatic heterocycles. The Morgan fingerprint density at radius 2 is 0.879 bits per heavy atom. The van der Waals surface area contributed by atoms with Crippen molar-refractivity contribution in [3.8, 4) is 0 Å². The maximum absolute atomic E-state index is 12.6. The highest BCUT2D eigenvalue weighted by atomic mass is 31.2. The monoisotopic (exact) mass is 844 g/mol. The number of unbranched alkanes of at least 4 members (excludes halogenated alkanes) is 31. The summed E-state index contributed by atoms with van der Waals surface area (Å²) in [5, 5.41) is 2.83. The molecule has 0 radical (unpaired) electrons. The fourth-order valence-electron chi connectivity index (χ4n) is 7.14. The molecule has 0 bridgehead atoms. The number of rotatable bonds is 47. The van der Waals surface area contributed by atoms with Crippen LogP contribution in [0.3, 0.4) is 0 Å². The van der Waals surface area contributed by atoms with Gasteiger partial charge in [-0.2, -0.15) is 0 Å². The van der Waals surface area contributed by atoms with E-state index in [9.17, 15) is 19.0 Å². The third kappa shape index (κ3) is 44.3. The number of carbonyl (C=O) groups is 2. The summed E-state index contributed by atoms with van der Waals surface area (Å²) in [4.78, 5) is 35.2. The van der Waals surface area contributed by atoms with Crippen LogP contribution < -0.4 is 5.32 Å². The predicted octanol–water partition coefficient (Wildman–Crippen LogP) is 14.4. The van der Waals surface area contributed by atoms with Crippen LogP contribution in [0, 0.1) is 0 Å². The van der Waals surface area contributed by atoms with Crippen molar-refractivity contribution in [2.24, 2.45) is 0 Å². The van der Waals surface area contributed by atoms with Crippen molar-refractivity contribution in [2.45, 2.75) is 251 Å². The number of hydrogen-bond acceptors (Lipinski definition) is 8. The Balaban J connectivity index is 4.07. The van der Waals surface area contributed by atoms with Gasteiger partial charge in [-0.1, -0.05) is 206 Å². The van der Waals surface area contributed by atoms with Crippen molar-refractivity contribution in [1.82, 2.24) is 5.32 Å². The van der Waals surface area contributed by atoms with Crippen LogP contribution in [0.5, 0.6) is 0 Å². The number of esters is 2. The lowest BCUT2D eigenvalue weighted by Gasteiger charge is -2.20. The third-order valence-electron chi connectivity index (χ3n) is 10.9. The molecule has 0 aromatic rings. The van der Waals surface area contributed by atoms with Gasteiger partial charge >= 0.3 is 19.8 Å². The van der Waals surface area contributed by atoms with Gasteiger partial charge in [0.25, 0.3) is 0 Å². The van der Waals surface area contributed by atoms with E-state index >= 15 is 0 Å². The lowest BCUT2D eigenvalue weighted by Crippen LogP contribution is -2.29. The quantitative estimate of drug-likeness (QED) is 0.0267. The average Bonchev–Trinajstić information content (AvgIpc) is 3.21. The fourth-order valence-corrected chi connectivity index (χ4v) is 7.89. The molecule has 2 unspecified atom stereocenters. The zero-order valence-corrected chi connectivity index (χ0v) is 39.2. The smallest absolute Gasteiger partial charge is 0.462 e. The minimum Gasteiger partial charge on any atom is -0.462 e. The molecule has 0 amide bonds. The van der Waals surface area contributed by atoms with Gasteiger partial charge in [0, 0.05) is 19.4 Å². The molecule has 0 saturated heterocycles. The molecule has 0 spiro atoms. The highest BCUT2D eigenvalue weighted by Gasteiger charge is 2.26. The van der Waals surface area contributed by atoms with Crippen LogP contribution in [0.1, 0.15) is 245 Å². The molecule has 0 aromatic heterocycles. The Morgan fingerprint density at radius 1 is 0.517 bits per heavy atom. The van der Waals surface area contributed by atoms with Gasteiger partial charge in [-0.15, -0.1) is 0 Å². The summed E-state index contributed by atoms with van der Waals surface area (Å²) in [6.45, 7) is 4.25. The molecule has 9 nitrogen and oxygen atoms in total. The molecule has 10 heteroatoms. The topological polar surface area (TPSA) is 120 Å². The average molecular weight is 844 g/mol. The maximum atomic E-state index is 12.6. The van der Waals surface area contributed by atoms with E-state index in [1.165, 1.54) is 167 Å². The molecule has 0 aliphatic carbocycles. The van der Waals surface area contributed by atoms with Gasteiger partial charge in [0.05, 0.1) is 13.2 Å². The normalized spacial score (nSPS) is 13.2. The van der Waals surface area contributed by atoms with E-state index in [4.69, 9.17) is 18.5 Å². The third-order valence-corrected chi connectivity index (χ3v) is 11.9. The lowest BCUT2D eigenvalue weighted by molar-refractivity contribution is -0.161. The summed E-state index contributed by atoms with van der Waals surface area (Å²) in [7, 11) is -2.64. The van der Waals surface area contributed by atoms with Gasteiger partial charge in [0.2, 0.25) is 0 Å². The van der Waals surface area contributed by atoms with E-state index in [1.54, 1.807) is 7.05 Å². The molecule has 0 saturated carbocycles. The van der Waals surface area contributed by atoms with Crippen molar-refractivity contribution >= 4 is 19.8 Å². The second-order valence-electron chi connectivity index (χ2n) is 16.7. The highest BCUT2D eigenvalue weighted by molar-refractivity contribution is 7.47. The van der Waals surface area contributed by atoms with Crippen LogP contribution in [0.25, 0.3) is 0 Å². The zero-order valence-electron chi connectivity index (χ0n) is 38.3. The number of nitrogens with one attached hydrogen (secondary N) is 1. The summed E-state index contributed by atoms with van der Waals surface area (Å²) in [6, 6.07) is 0. The van der Waals surface area contributed by atoms with Crippen molar-refractivity contribution in [3.05, 3.63) is 12.2 Å². The van der Waals surface area contributed by atoms with Crippen molar-refractivity contribution < 1.29 is 37.6 Å².